The van der Waals surface area contributed by atoms with E-state index < -0.39 is 79.6 Å². The second-order valence-corrected chi connectivity index (χ2v) is 6.82. The molecule has 2 aliphatic heterocycles. The number of aliphatic hydroxyl groups excluding tert-OH is 4. The van der Waals surface area contributed by atoms with Crippen molar-refractivity contribution in [2.75, 3.05) is 13.7 Å². The molecule has 2 fully saturated rings. The number of aliphatic hydroxyl groups is 4. The van der Waals surface area contributed by atoms with Crippen LogP contribution in [0.2, 0.25) is 0 Å². The molecule has 2 rings (SSSR count). The van der Waals surface area contributed by atoms with Crippen LogP contribution in [-0.4, -0.2) is 112 Å². The Morgan fingerprint density at radius 3 is 2.21 bits per heavy atom. The maximum absolute atomic E-state index is 11.5. The van der Waals surface area contributed by atoms with E-state index in [1.165, 1.54) is 6.92 Å². The SMILES string of the molecule is COC1[C@H](C(=O)O)O[C@H](O[C@@H]2C(O)[C@H](CO)O[C@@H](C)[C@H]2NC(C)=O)[C@@H](O)[C@H]1O. The highest BCUT2D eigenvalue weighted by Crippen LogP contribution is 2.30. The molecule has 0 spiro atoms. The highest BCUT2D eigenvalue weighted by Gasteiger charge is 2.52. The van der Waals surface area contributed by atoms with Crippen LogP contribution in [0.4, 0.5) is 0 Å². The lowest BCUT2D eigenvalue weighted by molar-refractivity contribution is -0.327. The van der Waals surface area contributed by atoms with Crippen LogP contribution in [0.1, 0.15) is 13.8 Å². The first-order valence-electron chi connectivity index (χ1n) is 8.76. The minimum atomic E-state index is -1.70. The van der Waals surface area contributed by atoms with E-state index in [1.54, 1.807) is 6.92 Å². The molecule has 2 heterocycles. The van der Waals surface area contributed by atoms with E-state index in [4.69, 9.17) is 18.9 Å². The molecule has 28 heavy (non-hydrogen) atoms. The maximum atomic E-state index is 11.5. The number of carboxylic acid groups (broad SMARTS) is 1. The Hall–Kier alpha value is -1.38. The predicted octanol–water partition coefficient (Wildman–Crippen LogP) is -3.44. The normalized spacial score (nSPS) is 44.1. The topological polar surface area (TPSA) is 184 Å². The van der Waals surface area contributed by atoms with Crippen molar-refractivity contribution in [2.24, 2.45) is 0 Å². The lowest BCUT2D eigenvalue weighted by atomic mass is 9.92. The van der Waals surface area contributed by atoms with E-state index in [0.717, 1.165) is 7.11 Å². The van der Waals surface area contributed by atoms with Crippen LogP contribution < -0.4 is 5.32 Å². The van der Waals surface area contributed by atoms with Gasteiger partial charge in [0.05, 0.1) is 18.8 Å². The fraction of sp³-hybridized carbons (Fsp3) is 0.875. The third kappa shape index (κ3) is 4.60. The molecule has 12 heteroatoms. The van der Waals surface area contributed by atoms with Gasteiger partial charge in [-0.15, -0.1) is 0 Å². The van der Waals surface area contributed by atoms with E-state index in [0.29, 0.717) is 0 Å². The molecule has 0 saturated carbocycles. The Bertz CT molecular complexity index is 561. The number of rotatable bonds is 6. The van der Waals surface area contributed by atoms with Gasteiger partial charge in [-0.1, -0.05) is 0 Å². The second-order valence-electron chi connectivity index (χ2n) is 6.82. The highest BCUT2D eigenvalue weighted by atomic mass is 16.7. The van der Waals surface area contributed by atoms with E-state index in [1.807, 2.05) is 0 Å². The Morgan fingerprint density at radius 2 is 1.71 bits per heavy atom. The van der Waals surface area contributed by atoms with Crippen molar-refractivity contribution < 1.29 is 54.1 Å². The standard InChI is InChI=1S/C16H27NO11/c1-5-8(17-6(2)19)12(9(20)7(4-18)26-5)27-16-11(22)10(21)13(25-3)14(28-16)15(23)24/h5,7-14,16,18,20-22H,4H2,1-3H3,(H,17,19)(H,23,24)/t5-,7-,8+,9?,10+,11-,12-,13?,14+,16-/m0/s1. The smallest absolute Gasteiger partial charge is 0.335 e. The number of amides is 1. The summed E-state index contributed by atoms with van der Waals surface area (Å²) in [5.41, 5.74) is 0. The largest absolute Gasteiger partial charge is 0.479 e. The van der Waals surface area contributed by atoms with Crippen molar-refractivity contribution in [3.63, 3.8) is 0 Å². The van der Waals surface area contributed by atoms with Crippen LogP contribution in [-0.2, 0) is 28.5 Å². The van der Waals surface area contributed by atoms with Crippen LogP contribution in [0.3, 0.4) is 0 Å². The zero-order valence-corrected chi connectivity index (χ0v) is 15.7. The van der Waals surface area contributed by atoms with Gasteiger partial charge >= 0.3 is 5.97 Å². The average molecular weight is 409 g/mol. The first-order chi connectivity index (χ1) is 13.1. The Kier molecular flexibility index (Phi) is 7.70. The number of methoxy groups -OCH3 is 1. The molecule has 0 bridgehead atoms. The van der Waals surface area contributed by atoms with Crippen LogP contribution >= 0.6 is 0 Å². The molecule has 0 aromatic heterocycles. The molecule has 162 valence electrons. The van der Waals surface area contributed by atoms with Crippen molar-refractivity contribution in [1.29, 1.82) is 0 Å². The quantitative estimate of drug-likeness (QED) is 0.256. The van der Waals surface area contributed by atoms with Crippen molar-refractivity contribution in [1.82, 2.24) is 5.32 Å². The van der Waals surface area contributed by atoms with Gasteiger partial charge in [0.25, 0.3) is 0 Å². The third-order valence-electron chi connectivity index (χ3n) is 4.87. The summed E-state index contributed by atoms with van der Waals surface area (Å²) in [6, 6.07) is -0.897. The summed E-state index contributed by atoms with van der Waals surface area (Å²) >= 11 is 0. The maximum Gasteiger partial charge on any atom is 0.335 e. The molecular weight excluding hydrogens is 382 g/mol. The lowest BCUT2D eigenvalue weighted by Crippen LogP contribution is -2.67. The number of carbonyl (C=O) groups excluding carboxylic acids is 1. The first-order valence-corrected chi connectivity index (χ1v) is 8.76. The molecule has 10 atom stereocenters. The Balaban J connectivity index is 2.26. The number of ether oxygens (including phenoxy) is 4. The van der Waals surface area contributed by atoms with Crippen LogP contribution in [0.15, 0.2) is 0 Å². The molecule has 12 nitrogen and oxygen atoms in total. The summed E-state index contributed by atoms with van der Waals surface area (Å²) in [7, 11) is 1.16. The summed E-state index contributed by atoms with van der Waals surface area (Å²) in [5.74, 6) is -1.89. The number of hydrogen-bond acceptors (Lipinski definition) is 10. The Labute approximate surface area is 160 Å². The monoisotopic (exact) mass is 409 g/mol. The molecule has 2 aliphatic rings. The number of carbonyl (C=O) groups is 2. The van der Waals surface area contributed by atoms with E-state index in [-0.39, 0.29) is 0 Å². The summed E-state index contributed by atoms with van der Waals surface area (Å²) in [6.07, 6.45) is -12.4. The summed E-state index contributed by atoms with van der Waals surface area (Å²) in [6.45, 7) is 2.28. The molecule has 0 aliphatic carbocycles. The zero-order chi connectivity index (χ0) is 21.2. The van der Waals surface area contributed by atoms with Gasteiger partial charge in [0.2, 0.25) is 5.91 Å². The fourth-order valence-electron chi connectivity index (χ4n) is 3.45. The van der Waals surface area contributed by atoms with Crippen molar-refractivity contribution >= 4 is 11.9 Å². The van der Waals surface area contributed by atoms with E-state index >= 15 is 0 Å². The van der Waals surface area contributed by atoms with Gasteiger partial charge in [-0.3, -0.25) is 4.79 Å². The number of aliphatic carboxylic acids is 1. The second kappa shape index (κ2) is 9.41. The molecule has 1 amide bonds. The minimum Gasteiger partial charge on any atom is -0.479 e. The summed E-state index contributed by atoms with van der Waals surface area (Å²) in [5, 5.41) is 52.2. The molecule has 6 N–H and O–H groups in total. The minimum absolute atomic E-state index is 0.447. The number of nitrogens with one attached hydrogen (secondary N) is 1. The van der Waals surface area contributed by atoms with Gasteiger partial charge in [0.1, 0.15) is 36.6 Å². The molecule has 2 saturated heterocycles. The number of carboxylic acids is 1. The van der Waals surface area contributed by atoms with Crippen LogP contribution in [0, 0.1) is 0 Å². The van der Waals surface area contributed by atoms with Gasteiger partial charge in [-0.05, 0) is 6.92 Å². The van der Waals surface area contributed by atoms with E-state index in [2.05, 4.69) is 5.32 Å². The fourth-order valence-corrected chi connectivity index (χ4v) is 3.45. The lowest BCUT2D eigenvalue weighted by Gasteiger charge is -2.47. The molecule has 0 aromatic rings. The van der Waals surface area contributed by atoms with Crippen molar-refractivity contribution in [3.8, 4) is 0 Å². The average Bonchev–Trinajstić information content (AvgIpc) is 2.63. The van der Waals surface area contributed by atoms with Gasteiger partial charge in [-0.2, -0.15) is 0 Å². The van der Waals surface area contributed by atoms with E-state index in [9.17, 15) is 35.1 Å². The first kappa shape index (κ1) is 22.9. The van der Waals surface area contributed by atoms with Gasteiger partial charge < -0.3 is 49.8 Å². The number of hydrogen-bond donors (Lipinski definition) is 6. The Morgan fingerprint density at radius 1 is 1.07 bits per heavy atom. The molecule has 2 unspecified atom stereocenters. The van der Waals surface area contributed by atoms with Gasteiger partial charge in [0, 0.05) is 14.0 Å². The van der Waals surface area contributed by atoms with Crippen LogP contribution in [0.5, 0.6) is 0 Å². The summed E-state index contributed by atoms with van der Waals surface area (Å²) < 4.78 is 21.2. The van der Waals surface area contributed by atoms with Crippen molar-refractivity contribution in [3.05, 3.63) is 0 Å². The van der Waals surface area contributed by atoms with Gasteiger partial charge in [-0.25, -0.2) is 4.79 Å². The summed E-state index contributed by atoms with van der Waals surface area (Å²) in [4.78, 5) is 23.0. The molecule has 0 aromatic carbocycles. The van der Waals surface area contributed by atoms with Gasteiger partial charge in [0.15, 0.2) is 12.4 Å². The van der Waals surface area contributed by atoms with Crippen LogP contribution in [0.25, 0.3) is 0 Å². The predicted molar refractivity (Wildman–Crippen MR) is 89.0 cm³/mol. The third-order valence-corrected chi connectivity index (χ3v) is 4.87. The molecule has 0 radical (unpaired) electrons. The zero-order valence-electron chi connectivity index (χ0n) is 15.7. The molecular formula is C16H27NO11. The highest BCUT2D eigenvalue weighted by molar-refractivity contribution is 5.73. The van der Waals surface area contributed by atoms with Crippen molar-refractivity contribution in [2.45, 2.75) is 75.0 Å².